The molecule has 1 fully saturated rings. The number of anilines is 4. The molecule has 8 nitrogen and oxygen atoms in total. The third-order valence-corrected chi connectivity index (χ3v) is 5.55. The van der Waals surface area contributed by atoms with Gasteiger partial charge in [0, 0.05) is 43.8 Å². The normalized spacial score (nSPS) is 14.5. The molecule has 4 rings (SSSR count). The lowest BCUT2D eigenvalue weighted by Crippen LogP contribution is -2.36. The fraction of sp³-hybridized carbons (Fsp3) is 0.280. The predicted molar refractivity (Wildman–Crippen MR) is 130 cm³/mol. The van der Waals surface area contributed by atoms with Gasteiger partial charge in [0.25, 0.3) is 5.91 Å². The van der Waals surface area contributed by atoms with Crippen LogP contribution < -0.4 is 21.3 Å². The van der Waals surface area contributed by atoms with Crippen LogP contribution in [0.25, 0.3) is 0 Å². The summed E-state index contributed by atoms with van der Waals surface area (Å²) < 4.78 is 10.8. The van der Waals surface area contributed by atoms with Gasteiger partial charge in [-0.2, -0.15) is 0 Å². The third-order valence-electron chi connectivity index (χ3n) is 5.55. The van der Waals surface area contributed by atoms with Gasteiger partial charge in [-0.05, 0) is 29.8 Å². The number of aromatic nitrogens is 1. The van der Waals surface area contributed by atoms with Gasteiger partial charge in [-0.3, -0.25) is 4.79 Å². The van der Waals surface area contributed by atoms with Gasteiger partial charge in [-0.15, -0.1) is 0 Å². The lowest BCUT2D eigenvalue weighted by molar-refractivity contribution is 0.100. The van der Waals surface area contributed by atoms with Crippen molar-refractivity contribution in [3.8, 4) is 0 Å². The summed E-state index contributed by atoms with van der Waals surface area (Å²) in [5, 5.41) is 6.71. The summed E-state index contributed by atoms with van der Waals surface area (Å²) >= 11 is 0. The van der Waals surface area contributed by atoms with Crippen molar-refractivity contribution in [1.29, 1.82) is 0 Å². The lowest BCUT2D eigenvalue weighted by Gasteiger charge is -2.28. The number of benzene rings is 2. The quantitative estimate of drug-likeness (QED) is 0.461. The van der Waals surface area contributed by atoms with E-state index in [-0.39, 0.29) is 6.04 Å². The zero-order chi connectivity index (χ0) is 23.0. The maximum atomic E-state index is 12.0. The highest BCUT2D eigenvalue weighted by molar-refractivity contribution is 5.98. The van der Waals surface area contributed by atoms with Gasteiger partial charge in [0.15, 0.2) is 0 Å². The number of nitrogens with zero attached hydrogens (tertiary/aromatic N) is 2. The Labute approximate surface area is 193 Å². The summed E-state index contributed by atoms with van der Waals surface area (Å²) in [7, 11) is 1.65. The second kappa shape index (κ2) is 10.8. The van der Waals surface area contributed by atoms with Crippen LogP contribution in [0.1, 0.15) is 22.0 Å². The largest absolute Gasteiger partial charge is 0.382 e. The number of nitrogens with two attached hydrogens (primary N) is 1. The second-order valence-electron chi connectivity index (χ2n) is 7.81. The second-order valence-corrected chi connectivity index (χ2v) is 7.81. The van der Waals surface area contributed by atoms with E-state index >= 15 is 0 Å². The molecule has 1 aliphatic rings. The number of carbonyl (C=O) groups excluding carboxylic acids is 1. The Bertz CT molecular complexity index is 1050. The summed E-state index contributed by atoms with van der Waals surface area (Å²) in [6, 6.07) is 19.7. The van der Waals surface area contributed by atoms with Crippen LogP contribution in [0.4, 0.5) is 22.9 Å². The van der Waals surface area contributed by atoms with Gasteiger partial charge in [-0.25, -0.2) is 4.98 Å². The summed E-state index contributed by atoms with van der Waals surface area (Å²) in [5.74, 6) is 0.0569. The first-order valence-corrected chi connectivity index (χ1v) is 10.9. The molecule has 1 aliphatic heterocycles. The van der Waals surface area contributed by atoms with Crippen LogP contribution in [0, 0.1) is 0 Å². The summed E-state index contributed by atoms with van der Waals surface area (Å²) in [6.45, 7) is 3.71. The molecule has 2 aromatic carbocycles. The molecule has 1 saturated heterocycles. The molecule has 1 atom stereocenters. The number of morpholine rings is 1. The number of hydrogen-bond acceptors (Lipinski definition) is 7. The Morgan fingerprint density at radius 3 is 2.55 bits per heavy atom. The number of hydrogen-bond donors (Lipinski definition) is 3. The van der Waals surface area contributed by atoms with E-state index in [1.165, 1.54) is 6.20 Å². The molecule has 0 aliphatic carbocycles. The van der Waals surface area contributed by atoms with Crippen LogP contribution in [-0.4, -0.2) is 50.9 Å². The first kappa shape index (κ1) is 22.6. The van der Waals surface area contributed by atoms with E-state index in [0.29, 0.717) is 23.7 Å². The molecule has 33 heavy (non-hydrogen) atoms. The standard InChI is InChI=1S/C25H29N5O3/c1-32-17-23(18-5-3-2-4-6-18)29-22-15-24(27-16-21(22)25(26)31)28-19-7-9-20(10-8-19)30-11-13-33-14-12-30/h2-10,15-16,23H,11-14,17H2,1H3,(H2,26,31)(H2,27,28,29). The van der Waals surface area contributed by atoms with Gasteiger partial charge in [0.05, 0.1) is 37.1 Å². The predicted octanol–water partition coefficient (Wildman–Crippen LogP) is 3.56. The minimum Gasteiger partial charge on any atom is -0.382 e. The average Bonchev–Trinajstić information content (AvgIpc) is 2.85. The van der Waals surface area contributed by atoms with E-state index in [1.54, 1.807) is 13.2 Å². The van der Waals surface area contributed by atoms with Crippen LogP contribution in [0.15, 0.2) is 66.9 Å². The number of amides is 1. The van der Waals surface area contributed by atoms with Crippen molar-refractivity contribution in [3.63, 3.8) is 0 Å². The molecular weight excluding hydrogens is 418 g/mol. The molecule has 0 radical (unpaired) electrons. The minimum atomic E-state index is -0.546. The zero-order valence-corrected chi connectivity index (χ0v) is 18.7. The number of rotatable bonds is 9. The van der Waals surface area contributed by atoms with Crippen LogP contribution >= 0.6 is 0 Å². The van der Waals surface area contributed by atoms with Crippen molar-refractivity contribution in [2.45, 2.75) is 6.04 Å². The zero-order valence-electron chi connectivity index (χ0n) is 18.7. The number of primary amides is 1. The van der Waals surface area contributed by atoms with E-state index in [9.17, 15) is 4.79 Å². The average molecular weight is 448 g/mol. The smallest absolute Gasteiger partial charge is 0.252 e. The first-order chi connectivity index (χ1) is 16.1. The molecule has 8 heteroatoms. The number of nitrogens with one attached hydrogen (secondary N) is 2. The van der Waals surface area contributed by atoms with Crippen molar-refractivity contribution >= 4 is 28.8 Å². The van der Waals surface area contributed by atoms with Crippen molar-refractivity contribution in [2.75, 3.05) is 55.6 Å². The molecule has 0 bridgehead atoms. The number of ether oxygens (including phenoxy) is 2. The molecule has 172 valence electrons. The summed E-state index contributed by atoms with van der Waals surface area (Å²) in [4.78, 5) is 18.7. The first-order valence-electron chi connectivity index (χ1n) is 10.9. The van der Waals surface area contributed by atoms with Gasteiger partial charge in [0.2, 0.25) is 0 Å². The monoisotopic (exact) mass is 447 g/mol. The molecule has 1 amide bonds. The maximum Gasteiger partial charge on any atom is 0.252 e. The Kier molecular flexibility index (Phi) is 7.39. The highest BCUT2D eigenvalue weighted by Crippen LogP contribution is 2.27. The Hall–Kier alpha value is -3.62. The Balaban J connectivity index is 1.53. The molecule has 3 aromatic rings. The van der Waals surface area contributed by atoms with Gasteiger partial charge in [-0.1, -0.05) is 30.3 Å². The molecule has 4 N–H and O–H groups in total. The Morgan fingerprint density at radius 2 is 1.88 bits per heavy atom. The van der Waals surface area contributed by atoms with Gasteiger partial charge in [0.1, 0.15) is 5.82 Å². The van der Waals surface area contributed by atoms with Gasteiger partial charge < -0.3 is 30.7 Å². The fourth-order valence-electron chi connectivity index (χ4n) is 3.83. The van der Waals surface area contributed by atoms with Crippen LogP contribution in [0.5, 0.6) is 0 Å². The van der Waals surface area contributed by atoms with Crippen molar-refractivity contribution < 1.29 is 14.3 Å². The number of methoxy groups -OCH3 is 1. The summed E-state index contributed by atoms with van der Waals surface area (Å²) in [5.41, 5.74) is 9.62. The summed E-state index contributed by atoms with van der Waals surface area (Å²) in [6.07, 6.45) is 1.49. The van der Waals surface area contributed by atoms with Crippen LogP contribution in [0.3, 0.4) is 0 Å². The van der Waals surface area contributed by atoms with E-state index in [1.807, 2.05) is 42.5 Å². The molecule has 0 spiro atoms. The third kappa shape index (κ3) is 5.79. The van der Waals surface area contributed by atoms with E-state index in [2.05, 4.69) is 32.7 Å². The number of pyridine rings is 1. The molecule has 1 unspecified atom stereocenters. The van der Waals surface area contributed by atoms with E-state index in [0.717, 1.165) is 43.2 Å². The van der Waals surface area contributed by atoms with Crippen molar-refractivity contribution in [1.82, 2.24) is 4.98 Å². The van der Waals surface area contributed by atoms with E-state index < -0.39 is 5.91 Å². The number of carbonyl (C=O) groups is 1. The molecule has 1 aromatic heterocycles. The minimum absolute atomic E-state index is 0.155. The molecular formula is C25H29N5O3. The highest BCUT2D eigenvalue weighted by atomic mass is 16.5. The maximum absolute atomic E-state index is 12.0. The van der Waals surface area contributed by atoms with Crippen LogP contribution in [0.2, 0.25) is 0 Å². The SMILES string of the molecule is COCC(Nc1cc(Nc2ccc(N3CCOCC3)cc2)ncc1C(N)=O)c1ccccc1. The molecule has 0 saturated carbocycles. The van der Waals surface area contributed by atoms with E-state index in [4.69, 9.17) is 15.2 Å². The van der Waals surface area contributed by atoms with Crippen LogP contribution in [-0.2, 0) is 9.47 Å². The molecule has 2 heterocycles. The highest BCUT2D eigenvalue weighted by Gasteiger charge is 2.17. The topological polar surface area (TPSA) is 102 Å². The Morgan fingerprint density at radius 1 is 1.15 bits per heavy atom. The lowest BCUT2D eigenvalue weighted by atomic mass is 10.1. The fourth-order valence-corrected chi connectivity index (χ4v) is 3.83. The van der Waals surface area contributed by atoms with Crippen molar-refractivity contribution in [3.05, 3.63) is 78.0 Å². The van der Waals surface area contributed by atoms with Crippen molar-refractivity contribution in [2.24, 2.45) is 5.73 Å². The van der Waals surface area contributed by atoms with Gasteiger partial charge >= 0.3 is 0 Å².